The summed E-state index contributed by atoms with van der Waals surface area (Å²) in [7, 11) is 0. The lowest BCUT2D eigenvalue weighted by Crippen LogP contribution is -2.20. The molecule has 57 valence electrons. The number of carboxylic acid groups (broad SMARTS) is 2. The van der Waals surface area contributed by atoms with Gasteiger partial charge >= 0.3 is 11.9 Å². The molecule has 1 radical (unpaired) electrons. The second-order valence-corrected chi connectivity index (χ2v) is 1.84. The summed E-state index contributed by atoms with van der Waals surface area (Å²) in [5.41, 5.74) is 0. The molecule has 0 saturated carbocycles. The third kappa shape index (κ3) is 2.48. The van der Waals surface area contributed by atoms with Crippen LogP contribution in [0.1, 0.15) is 19.8 Å². The van der Waals surface area contributed by atoms with Gasteiger partial charge in [-0.15, -0.1) is 0 Å². The Morgan fingerprint density at radius 2 is 1.60 bits per heavy atom. The lowest BCUT2D eigenvalue weighted by atomic mass is 10.1. The van der Waals surface area contributed by atoms with Crippen LogP contribution in [0.4, 0.5) is 0 Å². The highest BCUT2D eigenvalue weighted by molar-refractivity contribution is 6.07. The van der Waals surface area contributed by atoms with Crippen molar-refractivity contribution in [3.05, 3.63) is 5.92 Å². The van der Waals surface area contributed by atoms with Crippen LogP contribution in [-0.4, -0.2) is 22.2 Å². The van der Waals surface area contributed by atoms with Crippen molar-refractivity contribution in [2.75, 3.05) is 0 Å². The van der Waals surface area contributed by atoms with E-state index in [4.69, 9.17) is 10.2 Å². The molecule has 2 N–H and O–H groups in total. The second-order valence-electron chi connectivity index (χ2n) is 1.84. The van der Waals surface area contributed by atoms with Crippen LogP contribution < -0.4 is 0 Å². The second kappa shape index (κ2) is 3.87. The first kappa shape index (κ1) is 8.94. The molecule has 0 aromatic rings. The van der Waals surface area contributed by atoms with Crippen LogP contribution in [0.15, 0.2) is 0 Å². The summed E-state index contributed by atoms with van der Waals surface area (Å²) in [6.07, 6.45) is 0.651. The van der Waals surface area contributed by atoms with Crippen molar-refractivity contribution >= 4 is 11.9 Å². The van der Waals surface area contributed by atoms with Gasteiger partial charge in [0.2, 0.25) is 0 Å². The minimum Gasteiger partial charge on any atom is -0.480 e. The van der Waals surface area contributed by atoms with Gasteiger partial charge in [-0.05, 0) is 6.42 Å². The molecule has 0 saturated heterocycles. The molecule has 4 nitrogen and oxygen atoms in total. The quantitative estimate of drug-likeness (QED) is 0.566. The van der Waals surface area contributed by atoms with E-state index in [1.54, 1.807) is 6.92 Å². The number of carbonyl (C=O) groups is 2. The van der Waals surface area contributed by atoms with Crippen LogP contribution in [0, 0.1) is 5.92 Å². The highest BCUT2D eigenvalue weighted by Crippen LogP contribution is 2.08. The first-order valence-corrected chi connectivity index (χ1v) is 2.92. The van der Waals surface area contributed by atoms with Crippen molar-refractivity contribution in [3.8, 4) is 0 Å². The number of hydrogen-bond acceptors (Lipinski definition) is 2. The molecule has 0 aliphatic heterocycles. The van der Waals surface area contributed by atoms with Gasteiger partial charge in [0.15, 0.2) is 5.92 Å². The summed E-state index contributed by atoms with van der Waals surface area (Å²) in [4.78, 5) is 20.2. The van der Waals surface area contributed by atoms with Crippen molar-refractivity contribution in [1.29, 1.82) is 0 Å². The monoisotopic (exact) mass is 145 g/mol. The zero-order chi connectivity index (χ0) is 8.15. The predicted octanol–water partition coefficient (Wildman–Crippen LogP) is 0.530. The molecule has 0 rings (SSSR count). The Morgan fingerprint density at radius 1 is 1.20 bits per heavy atom. The molecule has 0 aliphatic carbocycles. The molecule has 10 heavy (non-hydrogen) atoms. The number of carboxylic acids is 2. The minimum absolute atomic E-state index is 0.116. The van der Waals surface area contributed by atoms with E-state index >= 15 is 0 Å². The van der Waals surface area contributed by atoms with Gasteiger partial charge in [-0.25, -0.2) is 0 Å². The summed E-state index contributed by atoms with van der Waals surface area (Å²) in [5.74, 6) is -3.12. The van der Waals surface area contributed by atoms with Crippen LogP contribution >= 0.6 is 0 Å². The zero-order valence-electron chi connectivity index (χ0n) is 5.63. The van der Waals surface area contributed by atoms with Crippen LogP contribution in [0.5, 0.6) is 0 Å². The van der Waals surface area contributed by atoms with E-state index in [2.05, 4.69) is 0 Å². The molecule has 0 aromatic heterocycles. The van der Waals surface area contributed by atoms with Crippen molar-refractivity contribution < 1.29 is 19.8 Å². The summed E-state index contributed by atoms with van der Waals surface area (Å²) >= 11 is 0. The van der Waals surface area contributed by atoms with Gasteiger partial charge in [0, 0.05) is 0 Å². The minimum atomic E-state index is -1.34. The van der Waals surface area contributed by atoms with E-state index in [1.165, 1.54) is 0 Å². The Morgan fingerprint density at radius 3 is 1.70 bits per heavy atom. The van der Waals surface area contributed by atoms with Crippen molar-refractivity contribution in [1.82, 2.24) is 0 Å². The van der Waals surface area contributed by atoms with Crippen LogP contribution in [0.3, 0.4) is 0 Å². The Kier molecular flexibility index (Phi) is 3.46. The summed E-state index contributed by atoms with van der Waals surface area (Å²) in [6.45, 7) is 1.73. The van der Waals surface area contributed by atoms with Crippen molar-refractivity contribution in [3.63, 3.8) is 0 Å². The van der Waals surface area contributed by atoms with Gasteiger partial charge in [0.1, 0.15) is 0 Å². The van der Waals surface area contributed by atoms with E-state index in [0.29, 0.717) is 6.42 Å². The van der Waals surface area contributed by atoms with Crippen LogP contribution in [0.25, 0.3) is 0 Å². The number of aliphatic carboxylic acids is 2. The third-order valence-electron chi connectivity index (χ3n) is 1.02. The molecule has 0 fully saturated rings. The van der Waals surface area contributed by atoms with Crippen LogP contribution in [0.2, 0.25) is 0 Å². The fourth-order valence-corrected chi connectivity index (χ4v) is 0.555. The summed E-state index contributed by atoms with van der Waals surface area (Å²) < 4.78 is 0. The standard InChI is InChI=1S/C6H9O4/c1-2-3-4(5(7)8)6(9)10/h2-3H2,1H3,(H,7,8)(H,9,10). The molecule has 0 aliphatic rings. The lowest BCUT2D eigenvalue weighted by Gasteiger charge is -2.01. The van der Waals surface area contributed by atoms with Gasteiger partial charge in [0.05, 0.1) is 0 Å². The smallest absolute Gasteiger partial charge is 0.322 e. The summed E-state index contributed by atoms with van der Waals surface area (Å²) in [5, 5.41) is 16.5. The largest absolute Gasteiger partial charge is 0.480 e. The Labute approximate surface area is 58.5 Å². The molecule has 0 spiro atoms. The molecule has 0 atom stereocenters. The molecule has 0 unspecified atom stereocenters. The lowest BCUT2D eigenvalue weighted by molar-refractivity contribution is -0.144. The van der Waals surface area contributed by atoms with Crippen molar-refractivity contribution in [2.45, 2.75) is 19.8 Å². The van der Waals surface area contributed by atoms with E-state index in [9.17, 15) is 9.59 Å². The Balaban J connectivity index is 3.98. The maximum Gasteiger partial charge on any atom is 0.322 e. The van der Waals surface area contributed by atoms with Crippen LogP contribution in [-0.2, 0) is 9.59 Å². The van der Waals surface area contributed by atoms with E-state index < -0.39 is 17.9 Å². The topological polar surface area (TPSA) is 74.6 Å². The summed E-state index contributed by atoms with van der Waals surface area (Å²) in [6, 6.07) is 0. The first-order chi connectivity index (χ1) is 4.59. The highest BCUT2D eigenvalue weighted by Gasteiger charge is 2.25. The molecule has 0 heterocycles. The number of rotatable bonds is 4. The maximum absolute atomic E-state index is 10.1. The van der Waals surface area contributed by atoms with Gasteiger partial charge < -0.3 is 10.2 Å². The van der Waals surface area contributed by atoms with Gasteiger partial charge in [-0.2, -0.15) is 0 Å². The third-order valence-corrected chi connectivity index (χ3v) is 1.02. The van der Waals surface area contributed by atoms with Gasteiger partial charge in [-0.3, -0.25) is 9.59 Å². The average molecular weight is 145 g/mol. The highest BCUT2D eigenvalue weighted by atomic mass is 16.4. The molecular weight excluding hydrogens is 136 g/mol. The first-order valence-electron chi connectivity index (χ1n) is 2.92. The fourth-order valence-electron chi connectivity index (χ4n) is 0.555. The van der Waals surface area contributed by atoms with Gasteiger partial charge in [-0.1, -0.05) is 13.3 Å². The maximum atomic E-state index is 10.1. The predicted molar refractivity (Wildman–Crippen MR) is 33.4 cm³/mol. The normalized spacial score (nSPS) is 9.80. The Bertz CT molecular complexity index is 127. The van der Waals surface area contributed by atoms with E-state index in [1.807, 2.05) is 0 Å². The zero-order valence-corrected chi connectivity index (χ0v) is 5.63. The van der Waals surface area contributed by atoms with Gasteiger partial charge in [0.25, 0.3) is 0 Å². The molecule has 0 bridgehead atoms. The SMILES string of the molecule is CCC[C](C(=O)O)C(=O)O. The molecule has 0 aromatic carbocycles. The molecule has 4 heteroatoms. The molecular formula is C6H9O4. The molecule has 0 amide bonds. The number of hydrogen-bond donors (Lipinski definition) is 2. The fraction of sp³-hybridized carbons (Fsp3) is 0.500. The van der Waals surface area contributed by atoms with E-state index in [0.717, 1.165) is 0 Å². The Hall–Kier alpha value is -1.06. The van der Waals surface area contributed by atoms with E-state index in [-0.39, 0.29) is 6.42 Å². The average Bonchev–Trinajstić information content (AvgIpc) is 1.81. The van der Waals surface area contributed by atoms with Crippen molar-refractivity contribution in [2.24, 2.45) is 0 Å².